The van der Waals surface area contributed by atoms with Crippen LogP contribution >= 0.6 is 23.1 Å². The third-order valence-corrected chi connectivity index (χ3v) is 6.26. The van der Waals surface area contributed by atoms with E-state index < -0.39 is 0 Å². The molecule has 1 aromatic carbocycles. The highest BCUT2D eigenvalue weighted by Gasteiger charge is 2.19. The summed E-state index contributed by atoms with van der Waals surface area (Å²) in [5, 5.41) is 13.9. The van der Waals surface area contributed by atoms with Crippen LogP contribution in [0.25, 0.3) is 0 Å². The van der Waals surface area contributed by atoms with Gasteiger partial charge < -0.3 is 10.1 Å². The Kier molecular flexibility index (Phi) is 7.06. The highest BCUT2D eigenvalue weighted by Crippen LogP contribution is 2.37. The summed E-state index contributed by atoms with van der Waals surface area (Å²) in [7, 11) is 1.64. The molecule has 0 amide bonds. The number of aryl methyl sites for hydroxylation is 1. The fourth-order valence-corrected chi connectivity index (χ4v) is 4.33. The molecule has 0 fully saturated rings. The molecule has 7 heteroatoms. The quantitative estimate of drug-likeness (QED) is 0.415. The third kappa shape index (κ3) is 5.05. The standard InChI is InChI=1S/C22H24N4OS2/c1-14-15(2)29-21(19(14)20(23)17-8-5-9-18(11-17)27-3)26-22(28-4)25-13-16-7-6-10-24-12-16/h5-12,23H,13H2,1-4H3,(H,25,26). The van der Waals surface area contributed by atoms with Gasteiger partial charge >= 0.3 is 0 Å². The van der Waals surface area contributed by atoms with Gasteiger partial charge in [0, 0.05) is 34.9 Å². The summed E-state index contributed by atoms with van der Waals surface area (Å²) in [4.78, 5) is 10.2. The number of thioether (sulfide) groups is 1. The van der Waals surface area contributed by atoms with Gasteiger partial charge in [0.25, 0.3) is 0 Å². The fourth-order valence-electron chi connectivity index (χ4n) is 2.84. The van der Waals surface area contributed by atoms with E-state index in [0.29, 0.717) is 12.3 Å². The van der Waals surface area contributed by atoms with Crippen LogP contribution in [0.15, 0.2) is 53.8 Å². The molecule has 0 aliphatic rings. The first kappa shape index (κ1) is 21.1. The second kappa shape index (κ2) is 9.71. The lowest BCUT2D eigenvalue weighted by atomic mass is 10.00. The molecule has 0 spiro atoms. The zero-order valence-electron chi connectivity index (χ0n) is 16.9. The number of nitrogens with one attached hydrogen (secondary N) is 2. The van der Waals surface area contributed by atoms with E-state index in [0.717, 1.165) is 38.2 Å². The van der Waals surface area contributed by atoms with Crippen molar-refractivity contribution < 1.29 is 4.74 Å². The van der Waals surface area contributed by atoms with Gasteiger partial charge in [0.1, 0.15) is 10.8 Å². The average molecular weight is 425 g/mol. The Balaban J connectivity index is 1.92. The molecule has 5 nitrogen and oxygen atoms in total. The number of ether oxygens (including phenoxy) is 1. The van der Waals surface area contributed by atoms with Gasteiger partial charge in [-0.15, -0.1) is 11.3 Å². The zero-order valence-corrected chi connectivity index (χ0v) is 18.6. The van der Waals surface area contributed by atoms with E-state index in [-0.39, 0.29) is 0 Å². The smallest absolute Gasteiger partial charge is 0.162 e. The van der Waals surface area contributed by atoms with Gasteiger partial charge in [-0.25, -0.2) is 4.99 Å². The maximum absolute atomic E-state index is 8.82. The summed E-state index contributed by atoms with van der Waals surface area (Å²) in [5.41, 5.74) is 4.33. The molecule has 0 atom stereocenters. The lowest BCUT2D eigenvalue weighted by Gasteiger charge is -2.10. The van der Waals surface area contributed by atoms with Crippen molar-refractivity contribution in [3.05, 3.63) is 75.9 Å². The monoisotopic (exact) mass is 424 g/mol. The number of benzene rings is 1. The highest BCUT2D eigenvalue weighted by atomic mass is 32.2. The minimum Gasteiger partial charge on any atom is -0.497 e. The molecule has 0 aliphatic carbocycles. The molecule has 0 bridgehead atoms. The maximum atomic E-state index is 8.82. The van der Waals surface area contributed by atoms with Crippen molar-refractivity contribution in [2.75, 3.05) is 13.4 Å². The van der Waals surface area contributed by atoms with E-state index in [1.807, 2.05) is 48.9 Å². The normalized spacial score (nSPS) is 11.4. The predicted molar refractivity (Wildman–Crippen MR) is 124 cm³/mol. The van der Waals surface area contributed by atoms with E-state index in [2.05, 4.69) is 24.1 Å². The Morgan fingerprint density at radius 2 is 2.10 bits per heavy atom. The van der Waals surface area contributed by atoms with Crippen molar-refractivity contribution in [2.45, 2.75) is 20.4 Å². The predicted octanol–water partition coefficient (Wildman–Crippen LogP) is 5.33. The summed E-state index contributed by atoms with van der Waals surface area (Å²) in [6.45, 7) is 4.78. The van der Waals surface area contributed by atoms with Crippen molar-refractivity contribution >= 4 is 39.0 Å². The molecular formula is C22H24N4OS2. The molecule has 3 aromatic rings. The minimum atomic E-state index is 0.456. The van der Waals surface area contributed by atoms with Crippen LogP contribution in [0.2, 0.25) is 0 Å². The lowest BCUT2D eigenvalue weighted by Crippen LogP contribution is -2.19. The molecule has 150 valence electrons. The topological polar surface area (TPSA) is 70.4 Å². The van der Waals surface area contributed by atoms with Crippen molar-refractivity contribution in [3.63, 3.8) is 0 Å². The molecule has 0 radical (unpaired) electrons. The molecule has 0 saturated heterocycles. The summed E-state index contributed by atoms with van der Waals surface area (Å²) >= 11 is 3.17. The van der Waals surface area contributed by atoms with Crippen molar-refractivity contribution in [1.82, 2.24) is 10.3 Å². The number of methoxy groups -OCH3 is 1. The summed E-state index contributed by atoms with van der Waals surface area (Å²) < 4.78 is 5.32. The number of nitrogens with zero attached hydrogens (tertiary/aromatic N) is 2. The van der Waals surface area contributed by atoms with Gasteiger partial charge in [0.05, 0.1) is 12.8 Å². The van der Waals surface area contributed by atoms with Crippen molar-refractivity contribution in [2.24, 2.45) is 4.99 Å². The molecule has 2 N–H and O–H groups in total. The minimum absolute atomic E-state index is 0.456. The van der Waals surface area contributed by atoms with Gasteiger partial charge in [-0.3, -0.25) is 10.4 Å². The second-order valence-corrected chi connectivity index (χ2v) is 8.40. The number of hydrogen-bond donors (Lipinski definition) is 2. The Morgan fingerprint density at radius 1 is 1.28 bits per heavy atom. The number of aliphatic imine (C=N–C) groups is 1. The molecule has 2 heterocycles. The van der Waals surface area contributed by atoms with Gasteiger partial charge in [0.2, 0.25) is 0 Å². The number of pyridine rings is 1. The number of rotatable bonds is 6. The van der Waals surface area contributed by atoms with Gasteiger partial charge in [0.15, 0.2) is 5.17 Å². The van der Waals surface area contributed by atoms with Gasteiger partial charge in [-0.05, 0) is 49.4 Å². The van der Waals surface area contributed by atoms with Crippen molar-refractivity contribution in [1.29, 1.82) is 5.41 Å². The Hall–Kier alpha value is -2.64. The van der Waals surface area contributed by atoms with E-state index in [1.54, 1.807) is 36.4 Å². The molecule has 0 aliphatic heterocycles. The molecule has 0 unspecified atom stereocenters. The van der Waals surface area contributed by atoms with E-state index in [4.69, 9.17) is 15.1 Å². The highest BCUT2D eigenvalue weighted by molar-refractivity contribution is 8.13. The van der Waals surface area contributed by atoms with Crippen LogP contribution in [-0.2, 0) is 6.54 Å². The molecule has 3 rings (SSSR count). The van der Waals surface area contributed by atoms with E-state index in [1.165, 1.54) is 4.88 Å². The molecule has 29 heavy (non-hydrogen) atoms. The summed E-state index contributed by atoms with van der Waals surface area (Å²) in [5.74, 6) is 0.741. The first-order valence-electron chi connectivity index (χ1n) is 9.12. The maximum Gasteiger partial charge on any atom is 0.162 e. The van der Waals surface area contributed by atoms with Crippen LogP contribution in [0.1, 0.15) is 27.1 Å². The lowest BCUT2D eigenvalue weighted by molar-refractivity contribution is 0.414. The van der Waals surface area contributed by atoms with Crippen LogP contribution in [0, 0.1) is 19.3 Å². The third-order valence-electron chi connectivity index (χ3n) is 4.54. The Morgan fingerprint density at radius 3 is 2.79 bits per heavy atom. The second-order valence-electron chi connectivity index (χ2n) is 6.41. The first-order valence-corrected chi connectivity index (χ1v) is 11.2. The Bertz CT molecular complexity index is 1030. The van der Waals surface area contributed by atoms with Crippen LogP contribution in [-0.4, -0.2) is 29.2 Å². The first-order chi connectivity index (χ1) is 14.0. The molecule has 0 saturated carbocycles. The van der Waals surface area contributed by atoms with Crippen LogP contribution < -0.4 is 10.1 Å². The van der Waals surface area contributed by atoms with Crippen LogP contribution in [0.4, 0.5) is 5.00 Å². The number of hydrogen-bond acceptors (Lipinski definition) is 6. The number of amidine groups is 1. The Labute approximate surface area is 179 Å². The molecule has 2 aromatic heterocycles. The zero-order chi connectivity index (χ0) is 20.8. The summed E-state index contributed by atoms with van der Waals surface area (Å²) in [6.07, 6.45) is 5.60. The van der Waals surface area contributed by atoms with Gasteiger partial charge in [-0.1, -0.05) is 30.0 Å². The number of thiophene rings is 1. The average Bonchev–Trinajstić information content (AvgIpc) is 3.04. The fraction of sp³-hybridized carbons (Fsp3) is 0.227. The van der Waals surface area contributed by atoms with E-state index in [9.17, 15) is 0 Å². The van der Waals surface area contributed by atoms with E-state index >= 15 is 0 Å². The van der Waals surface area contributed by atoms with Crippen LogP contribution in [0.5, 0.6) is 5.75 Å². The van der Waals surface area contributed by atoms with Crippen molar-refractivity contribution in [3.8, 4) is 5.75 Å². The van der Waals surface area contributed by atoms with Gasteiger partial charge in [-0.2, -0.15) is 0 Å². The number of aromatic nitrogens is 1. The molecular weight excluding hydrogens is 400 g/mol. The largest absolute Gasteiger partial charge is 0.497 e. The summed E-state index contributed by atoms with van der Waals surface area (Å²) in [6, 6.07) is 11.6. The SMILES string of the molecule is COc1cccc(C(=N)c2c(/N=C(\NCc3cccnc3)SC)sc(C)c2C)c1. The van der Waals surface area contributed by atoms with Crippen LogP contribution in [0.3, 0.4) is 0 Å².